The van der Waals surface area contributed by atoms with Crippen molar-refractivity contribution in [3.63, 3.8) is 0 Å². The zero-order chi connectivity index (χ0) is 12.6. The molecule has 3 heteroatoms. The van der Waals surface area contributed by atoms with Crippen LogP contribution in [0.15, 0.2) is 23.9 Å². The lowest BCUT2D eigenvalue weighted by atomic mass is 10.1. The Kier molecular flexibility index (Phi) is 7.88. The molecule has 2 rings (SSSR count). The van der Waals surface area contributed by atoms with Gasteiger partial charge in [-0.3, -0.25) is 0 Å². The van der Waals surface area contributed by atoms with Gasteiger partial charge in [0.15, 0.2) is 6.21 Å². The van der Waals surface area contributed by atoms with Gasteiger partial charge in [0, 0.05) is 31.5 Å². The summed E-state index contributed by atoms with van der Waals surface area (Å²) in [6, 6.07) is 0. The minimum atomic E-state index is 0. The first-order valence-corrected chi connectivity index (χ1v) is 7.53. The fraction of sp³-hybridized carbons (Fsp3) is 0.688. The van der Waals surface area contributed by atoms with Crippen LogP contribution in [-0.4, -0.2) is 41.9 Å². The summed E-state index contributed by atoms with van der Waals surface area (Å²) in [6.07, 6.45) is 17.3. The number of piperidine rings is 2. The van der Waals surface area contributed by atoms with Gasteiger partial charge in [-0.25, -0.2) is 4.58 Å². The van der Waals surface area contributed by atoms with Gasteiger partial charge in [0.05, 0.1) is 0 Å². The zero-order valence-electron chi connectivity index (χ0n) is 12.2. The molecule has 2 aliphatic rings. The predicted octanol–water partition coefficient (Wildman–Crippen LogP) is 0.204. The lowest BCUT2D eigenvalue weighted by Crippen LogP contribution is -3.00. The van der Waals surface area contributed by atoms with E-state index >= 15 is 0 Å². The standard InChI is InChI=1S/C16H27N2.ClH/c1-16(15-18-12-6-3-7-13-18)9-8-14-17-10-4-2-5-11-17;/h8-9,14-15H,2-7,10-13H2,1H3;1H/q+1;/p-1. The molecule has 2 fully saturated rings. The van der Waals surface area contributed by atoms with E-state index in [1.807, 2.05) is 0 Å². The highest BCUT2D eigenvalue weighted by molar-refractivity contribution is 5.73. The van der Waals surface area contributed by atoms with Gasteiger partial charge in [0.1, 0.15) is 13.1 Å². The normalized spacial score (nSPS) is 21.4. The van der Waals surface area contributed by atoms with E-state index < -0.39 is 0 Å². The smallest absolute Gasteiger partial charge is 0.166 e. The largest absolute Gasteiger partial charge is 1.00 e. The summed E-state index contributed by atoms with van der Waals surface area (Å²) in [4.78, 5) is 2.44. The van der Waals surface area contributed by atoms with E-state index in [0.717, 1.165) is 0 Å². The van der Waals surface area contributed by atoms with Crippen LogP contribution in [0.4, 0.5) is 0 Å². The Morgan fingerprint density at radius 2 is 1.58 bits per heavy atom. The number of halogens is 1. The molecule has 19 heavy (non-hydrogen) atoms. The van der Waals surface area contributed by atoms with E-state index in [2.05, 4.69) is 41.0 Å². The van der Waals surface area contributed by atoms with Crippen LogP contribution < -0.4 is 12.4 Å². The van der Waals surface area contributed by atoms with Gasteiger partial charge in [-0.2, -0.15) is 0 Å². The van der Waals surface area contributed by atoms with E-state index in [1.165, 1.54) is 70.3 Å². The first-order chi connectivity index (χ1) is 8.84. The minimum Gasteiger partial charge on any atom is -1.00 e. The monoisotopic (exact) mass is 282 g/mol. The number of allylic oxidation sites excluding steroid dienone is 3. The van der Waals surface area contributed by atoms with E-state index in [9.17, 15) is 0 Å². The molecule has 2 aliphatic heterocycles. The van der Waals surface area contributed by atoms with Gasteiger partial charge < -0.3 is 17.3 Å². The molecule has 2 saturated heterocycles. The molecule has 0 N–H and O–H groups in total. The van der Waals surface area contributed by atoms with Crippen LogP contribution in [0.2, 0.25) is 0 Å². The van der Waals surface area contributed by atoms with Crippen molar-refractivity contribution in [2.24, 2.45) is 0 Å². The molecule has 0 aromatic rings. The van der Waals surface area contributed by atoms with Gasteiger partial charge in [-0.1, -0.05) is 6.08 Å². The molecule has 0 spiro atoms. The van der Waals surface area contributed by atoms with Gasteiger partial charge in [-0.15, -0.1) is 0 Å². The van der Waals surface area contributed by atoms with Crippen molar-refractivity contribution in [3.8, 4) is 0 Å². The van der Waals surface area contributed by atoms with E-state index in [1.54, 1.807) is 0 Å². The molecule has 0 radical (unpaired) electrons. The number of likely N-dealkylation sites (tertiary alicyclic amines) is 1. The average molecular weight is 283 g/mol. The van der Waals surface area contributed by atoms with Crippen LogP contribution in [0, 0.1) is 0 Å². The molecule has 0 aromatic carbocycles. The van der Waals surface area contributed by atoms with Crippen LogP contribution in [0.1, 0.15) is 45.4 Å². The SMILES string of the molecule is C/C(C=[N+]1CCCCC1)=C\C=C\N1CCCCC1.[Cl-]. The van der Waals surface area contributed by atoms with Crippen LogP contribution in [0.5, 0.6) is 0 Å². The second kappa shape index (κ2) is 9.19. The summed E-state index contributed by atoms with van der Waals surface area (Å²) >= 11 is 0. The third-order valence-corrected chi connectivity index (χ3v) is 3.82. The van der Waals surface area contributed by atoms with Gasteiger partial charge >= 0.3 is 0 Å². The Morgan fingerprint density at radius 3 is 2.26 bits per heavy atom. The lowest BCUT2D eigenvalue weighted by molar-refractivity contribution is -0.532. The first kappa shape index (κ1) is 16.3. The lowest BCUT2D eigenvalue weighted by Gasteiger charge is -2.24. The molecule has 0 bridgehead atoms. The summed E-state index contributed by atoms with van der Waals surface area (Å²) in [6.45, 7) is 7.15. The van der Waals surface area contributed by atoms with Crippen molar-refractivity contribution >= 4 is 6.21 Å². The van der Waals surface area contributed by atoms with Crippen molar-refractivity contribution in [1.82, 2.24) is 4.90 Å². The Morgan fingerprint density at radius 1 is 0.947 bits per heavy atom. The van der Waals surface area contributed by atoms with Crippen LogP contribution in [0.25, 0.3) is 0 Å². The summed E-state index contributed by atoms with van der Waals surface area (Å²) < 4.78 is 2.46. The van der Waals surface area contributed by atoms with Gasteiger partial charge in [0.25, 0.3) is 0 Å². The molecule has 0 saturated carbocycles. The summed E-state index contributed by atoms with van der Waals surface area (Å²) in [5.41, 5.74) is 1.37. The Hall–Kier alpha value is -0.760. The van der Waals surface area contributed by atoms with Crippen molar-refractivity contribution in [3.05, 3.63) is 23.9 Å². The average Bonchev–Trinajstić information content (AvgIpc) is 2.41. The molecule has 0 aromatic heterocycles. The highest BCUT2D eigenvalue weighted by Crippen LogP contribution is 2.09. The van der Waals surface area contributed by atoms with E-state index in [-0.39, 0.29) is 12.4 Å². The fourth-order valence-electron chi connectivity index (χ4n) is 2.76. The second-order valence-electron chi connectivity index (χ2n) is 5.57. The molecule has 0 unspecified atom stereocenters. The molecule has 108 valence electrons. The quantitative estimate of drug-likeness (QED) is 0.530. The maximum absolute atomic E-state index is 2.46. The molecule has 2 heterocycles. The minimum absolute atomic E-state index is 0. The summed E-state index contributed by atoms with van der Waals surface area (Å²) in [5, 5.41) is 0. The second-order valence-corrected chi connectivity index (χ2v) is 5.57. The molecular weight excluding hydrogens is 256 g/mol. The molecule has 0 aliphatic carbocycles. The van der Waals surface area contributed by atoms with Crippen molar-refractivity contribution in [2.75, 3.05) is 26.2 Å². The van der Waals surface area contributed by atoms with Crippen molar-refractivity contribution in [1.29, 1.82) is 0 Å². The van der Waals surface area contributed by atoms with Crippen molar-refractivity contribution in [2.45, 2.75) is 45.4 Å². The van der Waals surface area contributed by atoms with E-state index in [0.29, 0.717) is 0 Å². The van der Waals surface area contributed by atoms with Crippen LogP contribution in [0.3, 0.4) is 0 Å². The Balaban J connectivity index is 0.00000180. The molecule has 0 atom stereocenters. The number of hydrogen-bond donors (Lipinski definition) is 0. The highest BCUT2D eigenvalue weighted by Gasteiger charge is 2.09. The highest BCUT2D eigenvalue weighted by atomic mass is 35.5. The third-order valence-electron chi connectivity index (χ3n) is 3.82. The molecule has 0 amide bonds. The van der Waals surface area contributed by atoms with Crippen molar-refractivity contribution < 1.29 is 17.0 Å². The summed E-state index contributed by atoms with van der Waals surface area (Å²) in [5.74, 6) is 0. The number of hydrogen-bond acceptors (Lipinski definition) is 1. The predicted molar refractivity (Wildman–Crippen MR) is 78.2 cm³/mol. The Bertz CT molecular complexity index is 331. The number of nitrogens with zero attached hydrogens (tertiary/aromatic N) is 2. The van der Waals surface area contributed by atoms with Crippen LogP contribution in [-0.2, 0) is 0 Å². The Labute approximate surface area is 124 Å². The maximum Gasteiger partial charge on any atom is 0.166 e. The third kappa shape index (κ3) is 6.29. The maximum atomic E-state index is 2.46. The van der Waals surface area contributed by atoms with Gasteiger partial charge in [0.2, 0.25) is 0 Å². The topological polar surface area (TPSA) is 6.25 Å². The van der Waals surface area contributed by atoms with Crippen LogP contribution >= 0.6 is 0 Å². The zero-order valence-corrected chi connectivity index (χ0v) is 12.9. The van der Waals surface area contributed by atoms with E-state index in [4.69, 9.17) is 0 Å². The molecular formula is C16H27ClN2. The first-order valence-electron chi connectivity index (χ1n) is 7.53. The fourth-order valence-corrected chi connectivity index (χ4v) is 2.76. The van der Waals surface area contributed by atoms with Gasteiger partial charge in [-0.05, 0) is 44.9 Å². The summed E-state index contributed by atoms with van der Waals surface area (Å²) in [7, 11) is 0. The molecule has 2 nitrogen and oxygen atoms in total. The number of rotatable bonds is 3.